The predicted molar refractivity (Wildman–Crippen MR) is 207 cm³/mol. The maximum atomic E-state index is 14.7. The predicted octanol–water partition coefficient (Wildman–Crippen LogP) is 4.15. The number of carbonyl (C=O) groups excluding carboxylic acids is 5. The number of nitrogens with one attached hydrogen (secondary N) is 2. The normalized spacial score (nSPS) is 28.6. The molecule has 0 bridgehead atoms. The molecule has 4 amide bonds. The highest BCUT2D eigenvalue weighted by molar-refractivity contribution is 7.91. The van der Waals surface area contributed by atoms with Gasteiger partial charge in [0, 0.05) is 54.2 Å². The van der Waals surface area contributed by atoms with Gasteiger partial charge in [-0.25, -0.2) is 17.8 Å². The first-order valence-electron chi connectivity index (χ1n) is 19.7. The van der Waals surface area contributed by atoms with Crippen LogP contribution in [0.3, 0.4) is 0 Å². The van der Waals surface area contributed by atoms with Gasteiger partial charge in [-0.15, -0.1) is 11.3 Å². The summed E-state index contributed by atoms with van der Waals surface area (Å²) in [6.07, 6.45) is 8.04. The molecule has 4 heterocycles. The zero-order valence-corrected chi connectivity index (χ0v) is 34.0. The summed E-state index contributed by atoms with van der Waals surface area (Å²) in [4.78, 5) is 77.6. The number of aromatic hydroxyl groups is 1. The minimum Gasteiger partial charge on any atom is -0.505 e. The van der Waals surface area contributed by atoms with E-state index in [9.17, 15) is 41.9 Å². The lowest BCUT2D eigenvalue weighted by atomic mass is 9.92. The van der Waals surface area contributed by atoms with Gasteiger partial charge in [0.2, 0.25) is 21.8 Å². The van der Waals surface area contributed by atoms with E-state index in [2.05, 4.69) is 15.0 Å². The molecule has 7 rings (SSSR count). The number of thiazole rings is 1. The molecule has 6 atom stereocenters. The Morgan fingerprint density at radius 3 is 2.60 bits per heavy atom. The van der Waals surface area contributed by atoms with Crippen molar-refractivity contribution in [3.05, 3.63) is 46.6 Å². The van der Waals surface area contributed by atoms with E-state index >= 15 is 0 Å². The topological polar surface area (TPSA) is 192 Å². The Morgan fingerprint density at radius 2 is 1.88 bits per heavy atom. The Kier molecular flexibility index (Phi) is 11.3. The second kappa shape index (κ2) is 15.8. The van der Waals surface area contributed by atoms with Gasteiger partial charge in [-0.3, -0.25) is 28.7 Å². The first-order valence-corrected chi connectivity index (χ1v) is 22.1. The molecule has 2 saturated heterocycles. The van der Waals surface area contributed by atoms with Crippen molar-refractivity contribution in [1.82, 2.24) is 24.8 Å². The fraction of sp³-hybridized carbons (Fsp3) is 0.600. The average Bonchev–Trinajstić information content (AvgIpc) is 3.97. The standard InChI is InChI=1S/C40H50FN5O9S2/c1-39(2,3)22-55-32(48)16-24-9-7-5-4-6-8-10-26-17-40(26,38(52)44-57(53,54)27-12-13-27)43-34(49)33-28-20-45(18-25(28)19-46(33)36(24)50)37(51)35-42-30(21-56-35)23-11-14-31(47)29(41)15-23/h8,10-11,14-15,21,24-28,33,47H,4-7,9,12-13,16-20,22H2,1-3H3,(H,43,49)(H,44,52)/b10-8-/t24-,25+,26-,28+,33+,40-/m1/s1. The number of hydrogen-bond acceptors (Lipinski definition) is 11. The first-order chi connectivity index (χ1) is 27.0. The minimum atomic E-state index is -3.93. The number of rotatable bonds is 8. The Morgan fingerprint density at radius 1 is 1.11 bits per heavy atom. The van der Waals surface area contributed by atoms with Crippen molar-refractivity contribution in [2.75, 3.05) is 26.2 Å². The van der Waals surface area contributed by atoms with Gasteiger partial charge in [0.05, 0.1) is 24.0 Å². The van der Waals surface area contributed by atoms with Gasteiger partial charge in [-0.2, -0.15) is 0 Å². The lowest BCUT2D eigenvalue weighted by Gasteiger charge is -2.32. The zero-order chi connectivity index (χ0) is 40.9. The molecule has 5 aliphatic rings. The highest BCUT2D eigenvalue weighted by atomic mass is 32.2. The number of aromatic nitrogens is 1. The molecule has 0 unspecified atom stereocenters. The molecule has 2 aliphatic carbocycles. The number of benzene rings is 1. The molecule has 1 aromatic carbocycles. The summed E-state index contributed by atoms with van der Waals surface area (Å²) in [5.41, 5.74) is -1.09. The first kappa shape index (κ1) is 40.8. The van der Waals surface area contributed by atoms with Crippen LogP contribution in [0.1, 0.15) is 88.4 Å². The number of phenolic OH excluding ortho intramolecular Hbond substituents is 1. The maximum Gasteiger partial charge on any atom is 0.306 e. The summed E-state index contributed by atoms with van der Waals surface area (Å²) in [6, 6.07) is 2.70. The summed E-state index contributed by atoms with van der Waals surface area (Å²) in [7, 11) is -3.93. The van der Waals surface area contributed by atoms with Crippen LogP contribution in [0, 0.1) is 34.9 Å². The minimum absolute atomic E-state index is 0.0883. The molecule has 4 fully saturated rings. The van der Waals surface area contributed by atoms with Gasteiger partial charge < -0.3 is 25.0 Å². The third-order valence-electron chi connectivity index (χ3n) is 11.6. The number of amides is 4. The van der Waals surface area contributed by atoms with Gasteiger partial charge in [0.25, 0.3) is 11.8 Å². The van der Waals surface area contributed by atoms with Gasteiger partial charge in [0.1, 0.15) is 11.6 Å². The molecule has 2 saturated carbocycles. The Balaban J connectivity index is 1.16. The van der Waals surface area contributed by atoms with Gasteiger partial charge in [-0.05, 0) is 62.1 Å². The summed E-state index contributed by atoms with van der Waals surface area (Å²) in [5, 5.41) is 13.6. The van der Waals surface area contributed by atoms with Gasteiger partial charge in [0.15, 0.2) is 16.6 Å². The zero-order valence-electron chi connectivity index (χ0n) is 32.4. The second-order valence-electron chi connectivity index (χ2n) is 17.4. The van der Waals surface area contributed by atoms with Crippen LogP contribution in [0.15, 0.2) is 35.7 Å². The van der Waals surface area contributed by atoms with Crippen molar-refractivity contribution >= 4 is 51.0 Å². The quantitative estimate of drug-likeness (QED) is 0.257. The van der Waals surface area contributed by atoms with Crippen molar-refractivity contribution in [3.63, 3.8) is 0 Å². The summed E-state index contributed by atoms with van der Waals surface area (Å²) >= 11 is 1.08. The number of phenols is 1. The van der Waals surface area contributed by atoms with Crippen molar-refractivity contribution in [2.45, 2.75) is 95.4 Å². The number of hydrogen-bond donors (Lipinski definition) is 3. The molecule has 17 heteroatoms. The van der Waals surface area contributed by atoms with E-state index in [1.54, 1.807) is 10.3 Å². The van der Waals surface area contributed by atoms with E-state index in [0.29, 0.717) is 43.4 Å². The molecule has 3 N–H and O–H groups in total. The molecule has 0 radical (unpaired) electrons. The number of carbonyl (C=O) groups is 5. The molecule has 3 aliphatic heterocycles. The Labute approximate surface area is 335 Å². The summed E-state index contributed by atoms with van der Waals surface area (Å²) in [6.45, 7) is 6.40. The van der Waals surface area contributed by atoms with Crippen molar-refractivity contribution < 1.29 is 46.6 Å². The average molecular weight is 828 g/mol. The van der Waals surface area contributed by atoms with Crippen molar-refractivity contribution in [3.8, 4) is 17.0 Å². The molecule has 2 aromatic rings. The smallest absolute Gasteiger partial charge is 0.306 e. The fourth-order valence-corrected chi connectivity index (χ4v) is 10.4. The second-order valence-corrected chi connectivity index (χ2v) is 20.2. The molecular weight excluding hydrogens is 778 g/mol. The van der Waals surface area contributed by atoms with E-state index in [4.69, 9.17) is 4.74 Å². The van der Waals surface area contributed by atoms with Crippen LogP contribution in [0.5, 0.6) is 5.75 Å². The van der Waals surface area contributed by atoms with E-state index in [0.717, 1.165) is 30.2 Å². The lowest BCUT2D eigenvalue weighted by molar-refractivity contribution is -0.152. The molecule has 14 nitrogen and oxygen atoms in total. The molecule has 0 spiro atoms. The van der Waals surface area contributed by atoms with Crippen molar-refractivity contribution in [1.29, 1.82) is 0 Å². The van der Waals surface area contributed by atoms with Gasteiger partial charge in [-0.1, -0.05) is 45.8 Å². The van der Waals surface area contributed by atoms with E-state index in [-0.39, 0.29) is 61.3 Å². The number of ether oxygens (including phenoxy) is 1. The highest BCUT2D eigenvalue weighted by Gasteiger charge is 2.63. The number of likely N-dealkylation sites (tertiary alicyclic amines) is 1. The van der Waals surface area contributed by atoms with Crippen molar-refractivity contribution in [2.24, 2.45) is 29.1 Å². The monoisotopic (exact) mass is 827 g/mol. The third-order valence-corrected chi connectivity index (χ3v) is 14.3. The molecule has 57 heavy (non-hydrogen) atoms. The van der Waals surface area contributed by atoms with Crippen LogP contribution in [-0.4, -0.2) is 101 Å². The molecule has 1 aromatic heterocycles. The number of halogens is 1. The van der Waals surface area contributed by atoms with Gasteiger partial charge >= 0.3 is 5.97 Å². The number of sulfonamides is 1. The molecular formula is C40H50FN5O9S2. The van der Waals surface area contributed by atoms with E-state index in [1.165, 1.54) is 17.0 Å². The highest BCUT2D eigenvalue weighted by Crippen LogP contribution is 2.47. The fourth-order valence-electron chi connectivity index (χ4n) is 8.23. The number of nitrogens with zero attached hydrogens (tertiary/aromatic N) is 3. The van der Waals surface area contributed by atoms with Crippen LogP contribution in [-0.2, 0) is 33.9 Å². The largest absolute Gasteiger partial charge is 0.505 e. The van der Waals surface area contributed by atoms with Crippen LogP contribution in [0.2, 0.25) is 0 Å². The maximum absolute atomic E-state index is 14.7. The van der Waals surface area contributed by atoms with Crippen LogP contribution < -0.4 is 10.0 Å². The molecule has 308 valence electrons. The Bertz CT molecular complexity index is 2080. The number of fused-ring (bicyclic) bond motifs is 4. The van der Waals surface area contributed by atoms with E-state index in [1.807, 2.05) is 32.9 Å². The van der Waals surface area contributed by atoms with Crippen LogP contribution in [0.25, 0.3) is 11.3 Å². The van der Waals surface area contributed by atoms with Crippen LogP contribution >= 0.6 is 11.3 Å². The summed E-state index contributed by atoms with van der Waals surface area (Å²) < 4.78 is 47.7. The number of allylic oxidation sites excluding steroid dienone is 1. The SMILES string of the molecule is CC(C)(C)COC(=O)C[C@H]1CCCCC/C=C\[C@@H]2C[C@@]2(C(=O)NS(=O)(=O)C2CC2)NC(=O)[C@@H]2[C@H]3CN(C(=O)c4nc(-c5ccc(O)c(F)c5)cs4)C[C@H]3CN2C1=O. The summed E-state index contributed by atoms with van der Waals surface area (Å²) in [5.74, 6) is -6.16. The lowest BCUT2D eigenvalue weighted by Crippen LogP contribution is -2.58. The van der Waals surface area contributed by atoms with E-state index < -0.39 is 79.9 Å². The van der Waals surface area contributed by atoms with Crippen LogP contribution in [0.4, 0.5) is 4.39 Å². The third kappa shape index (κ3) is 8.88. The Hall–Kier alpha value is -4.38. The number of esters is 1.